The standard InChI is InChI=1S/C25H30FN5O4S/c1-4-18-14-25(24(32)33,11-12-31(18)36(34,35)21-8-6-5-7-16(21)2)15-20-19(26)9-10-22(27-20)28-23-13-17(3)29-30-23/h5-10,13,18H,4,11-12,14-15H2,1-3H3,(H,32,33)(H2,27,28,29,30)/t18-,25-/m1/s1. The Morgan fingerprint density at radius 3 is 2.64 bits per heavy atom. The van der Waals surface area contributed by atoms with Crippen molar-refractivity contribution in [2.45, 2.75) is 57.4 Å². The van der Waals surface area contributed by atoms with E-state index in [2.05, 4.69) is 20.5 Å². The van der Waals surface area contributed by atoms with E-state index in [9.17, 15) is 22.7 Å². The number of H-pyrrole nitrogens is 1. The number of aryl methyl sites for hydroxylation is 2. The zero-order chi connectivity index (χ0) is 26.1. The van der Waals surface area contributed by atoms with E-state index in [4.69, 9.17) is 0 Å². The molecule has 0 bridgehead atoms. The van der Waals surface area contributed by atoms with Crippen LogP contribution in [-0.4, -0.2) is 51.6 Å². The molecular formula is C25H30FN5O4S. The SMILES string of the molecule is CC[C@@H]1C[C@](Cc2nc(Nc3cc(C)[nH]n3)ccc2F)(C(=O)O)CCN1S(=O)(=O)c1ccccc1C. The molecule has 36 heavy (non-hydrogen) atoms. The second-order valence-electron chi connectivity index (χ2n) is 9.35. The average molecular weight is 516 g/mol. The van der Waals surface area contributed by atoms with Crippen molar-refractivity contribution in [1.82, 2.24) is 19.5 Å². The Morgan fingerprint density at radius 2 is 2.00 bits per heavy atom. The van der Waals surface area contributed by atoms with Crippen LogP contribution in [-0.2, 0) is 21.2 Å². The zero-order valence-corrected chi connectivity index (χ0v) is 21.3. The monoisotopic (exact) mass is 515 g/mol. The quantitative estimate of drug-likeness (QED) is 0.410. The van der Waals surface area contributed by atoms with Crippen LogP contribution in [0.15, 0.2) is 47.4 Å². The molecular weight excluding hydrogens is 485 g/mol. The minimum atomic E-state index is -3.82. The molecule has 0 radical (unpaired) electrons. The summed E-state index contributed by atoms with van der Waals surface area (Å²) in [5, 5.41) is 20.1. The number of nitrogens with zero attached hydrogens (tertiary/aromatic N) is 3. The lowest BCUT2D eigenvalue weighted by Crippen LogP contribution is -2.53. The highest BCUT2D eigenvalue weighted by atomic mass is 32.2. The number of aromatic amines is 1. The van der Waals surface area contributed by atoms with Gasteiger partial charge in [0, 0.05) is 30.8 Å². The number of rotatable bonds is 8. The van der Waals surface area contributed by atoms with Gasteiger partial charge in [-0.15, -0.1) is 0 Å². The molecule has 11 heteroatoms. The summed E-state index contributed by atoms with van der Waals surface area (Å²) < 4.78 is 43.2. The Labute approximate surface area is 209 Å². The topological polar surface area (TPSA) is 128 Å². The van der Waals surface area contributed by atoms with Crippen LogP contribution in [0.4, 0.5) is 16.0 Å². The number of pyridine rings is 1. The molecule has 1 aromatic carbocycles. The molecule has 0 saturated carbocycles. The Kier molecular flexibility index (Phi) is 7.14. The first kappa shape index (κ1) is 25.8. The Morgan fingerprint density at radius 1 is 1.25 bits per heavy atom. The number of nitrogens with one attached hydrogen (secondary N) is 2. The predicted molar refractivity (Wildman–Crippen MR) is 133 cm³/mol. The minimum Gasteiger partial charge on any atom is -0.481 e. The smallest absolute Gasteiger partial charge is 0.310 e. The highest BCUT2D eigenvalue weighted by Gasteiger charge is 2.49. The van der Waals surface area contributed by atoms with E-state index >= 15 is 0 Å². The minimum absolute atomic E-state index is 0.0136. The number of piperidine rings is 1. The molecule has 9 nitrogen and oxygen atoms in total. The lowest BCUT2D eigenvalue weighted by Gasteiger charge is -2.43. The fraction of sp³-hybridized carbons (Fsp3) is 0.400. The number of sulfonamides is 1. The average Bonchev–Trinajstić information content (AvgIpc) is 3.25. The summed E-state index contributed by atoms with van der Waals surface area (Å²) in [6.45, 7) is 5.43. The van der Waals surface area contributed by atoms with Gasteiger partial charge in [-0.25, -0.2) is 17.8 Å². The molecule has 2 atom stereocenters. The van der Waals surface area contributed by atoms with E-state index in [1.54, 1.807) is 37.3 Å². The molecule has 0 amide bonds. The summed E-state index contributed by atoms with van der Waals surface area (Å²) in [6, 6.07) is 10.7. The van der Waals surface area contributed by atoms with Crippen molar-refractivity contribution >= 4 is 27.6 Å². The van der Waals surface area contributed by atoms with Gasteiger partial charge >= 0.3 is 5.97 Å². The van der Waals surface area contributed by atoms with Gasteiger partial charge in [0.15, 0.2) is 5.82 Å². The third kappa shape index (κ3) is 4.98. The van der Waals surface area contributed by atoms with Gasteiger partial charge in [-0.3, -0.25) is 9.89 Å². The maximum Gasteiger partial charge on any atom is 0.310 e. The molecule has 0 aliphatic carbocycles. The van der Waals surface area contributed by atoms with Crippen LogP contribution >= 0.6 is 0 Å². The maximum absolute atomic E-state index is 14.8. The molecule has 0 unspecified atom stereocenters. The normalized spacial score (nSPS) is 20.8. The number of hydrogen-bond donors (Lipinski definition) is 3. The van der Waals surface area contributed by atoms with Crippen molar-refractivity contribution in [1.29, 1.82) is 0 Å². The molecule has 3 heterocycles. The number of aliphatic carboxylic acids is 1. The lowest BCUT2D eigenvalue weighted by molar-refractivity contribution is -0.152. The first-order chi connectivity index (χ1) is 17.1. The molecule has 2 aromatic heterocycles. The number of carboxylic acids is 1. The highest BCUT2D eigenvalue weighted by Crippen LogP contribution is 2.42. The van der Waals surface area contributed by atoms with Crippen LogP contribution in [0.3, 0.4) is 0 Å². The molecule has 1 aliphatic heterocycles. The Bertz CT molecular complexity index is 1380. The van der Waals surface area contributed by atoms with Crippen LogP contribution in [0, 0.1) is 25.1 Å². The van der Waals surface area contributed by atoms with Crippen LogP contribution in [0.1, 0.15) is 43.1 Å². The van der Waals surface area contributed by atoms with Crippen molar-refractivity contribution in [2.75, 3.05) is 11.9 Å². The largest absolute Gasteiger partial charge is 0.481 e. The van der Waals surface area contributed by atoms with Crippen LogP contribution in [0.25, 0.3) is 0 Å². The fourth-order valence-corrected chi connectivity index (χ4v) is 6.77. The summed E-state index contributed by atoms with van der Waals surface area (Å²) in [5.74, 6) is -0.852. The maximum atomic E-state index is 14.8. The van der Waals surface area contributed by atoms with Gasteiger partial charge in [-0.2, -0.15) is 9.40 Å². The molecule has 4 rings (SSSR count). The number of benzene rings is 1. The third-order valence-corrected chi connectivity index (χ3v) is 8.95. The number of aromatic nitrogens is 3. The van der Waals surface area contributed by atoms with Crippen molar-refractivity contribution in [3.63, 3.8) is 0 Å². The van der Waals surface area contributed by atoms with Gasteiger partial charge in [-0.05, 0) is 56.9 Å². The summed E-state index contributed by atoms with van der Waals surface area (Å²) in [4.78, 5) is 17.1. The molecule has 1 fully saturated rings. The number of carbonyl (C=O) groups is 1. The molecule has 0 spiro atoms. The van der Waals surface area contributed by atoms with Crippen molar-refractivity contribution in [3.05, 3.63) is 65.2 Å². The number of hydrogen-bond acceptors (Lipinski definition) is 6. The number of anilines is 2. The first-order valence-electron chi connectivity index (χ1n) is 11.8. The van der Waals surface area contributed by atoms with E-state index in [-0.39, 0.29) is 36.4 Å². The fourth-order valence-electron chi connectivity index (χ4n) is 4.84. The van der Waals surface area contributed by atoms with Crippen molar-refractivity contribution in [2.24, 2.45) is 5.41 Å². The van der Waals surface area contributed by atoms with Gasteiger partial charge in [0.2, 0.25) is 10.0 Å². The van der Waals surface area contributed by atoms with Crippen LogP contribution in [0.2, 0.25) is 0 Å². The highest BCUT2D eigenvalue weighted by molar-refractivity contribution is 7.89. The van der Waals surface area contributed by atoms with Crippen LogP contribution in [0.5, 0.6) is 0 Å². The second-order valence-corrected chi connectivity index (χ2v) is 11.2. The molecule has 3 aromatic rings. The van der Waals surface area contributed by atoms with E-state index in [1.807, 2.05) is 13.8 Å². The summed E-state index contributed by atoms with van der Waals surface area (Å²) >= 11 is 0. The molecule has 3 N–H and O–H groups in total. The number of halogens is 1. The van der Waals surface area contributed by atoms with E-state index in [0.29, 0.717) is 23.6 Å². The van der Waals surface area contributed by atoms with E-state index < -0.39 is 33.3 Å². The summed E-state index contributed by atoms with van der Waals surface area (Å²) in [6.07, 6.45) is 0.372. The Hall–Kier alpha value is -3.31. The lowest BCUT2D eigenvalue weighted by atomic mass is 9.72. The van der Waals surface area contributed by atoms with E-state index in [0.717, 1.165) is 5.69 Å². The molecule has 192 valence electrons. The van der Waals surface area contributed by atoms with E-state index in [1.165, 1.54) is 16.4 Å². The third-order valence-electron chi connectivity index (χ3n) is 6.84. The van der Waals surface area contributed by atoms with Gasteiger partial charge in [0.1, 0.15) is 11.6 Å². The Balaban J connectivity index is 1.61. The molecule has 1 saturated heterocycles. The van der Waals surface area contributed by atoms with Gasteiger partial charge < -0.3 is 10.4 Å². The summed E-state index contributed by atoms with van der Waals surface area (Å²) in [7, 11) is -3.82. The van der Waals surface area contributed by atoms with Gasteiger partial charge in [0.25, 0.3) is 0 Å². The zero-order valence-electron chi connectivity index (χ0n) is 20.5. The van der Waals surface area contributed by atoms with Gasteiger partial charge in [-0.1, -0.05) is 25.1 Å². The summed E-state index contributed by atoms with van der Waals surface area (Å²) in [5.41, 5.74) is 0.126. The van der Waals surface area contributed by atoms with Crippen molar-refractivity contribution < 1.29 is 22.7 Å². The van der Waals surface area contributed by atoms with Crippen molar-refractivity contribution in [3.8, 4) is 0 Å². The number of carboxylic acid groups (broad SMARTS) is 1. The molecule has 1 aliphatic rings. The predicted octanol–water partition coefficient (Wildman–Crippen LogP) is 4.18. The second kappa shape index (κ2) is 9.98. The van der Waals surface area contributed by atoms with Gasteiger partial charge in [0.05, 0.1) is 16.0 Å². The van der Waals surface area contributed by atoms with Crippen LogP contribution < -0.4 is 5.32 Å². The first-order valence-corrected chi connectivity index (χ1v) is 13.2.